The molecule has 22 nitrogen and oxygen atoms in total. The summed E-state index contributed by atoms with van der Waals surface area (Å²) in [7, 11) is 0. The Bertz CT molecular complexity index is 2720. The zero-order valence-corrected chi connectivity index (χ0v) is 37.5. The number of phenols is 4. The average molecular weight is 922 g/mol. The van der Waals surface area contributed by atoms with E-state index in [9.17, 15) is 59.8 Å². The molecule has 0 aliphatic heterocycles. The van der Waals surface area contributed by atoms with Gasteiger partial charge in [0.15, 0.2) is 11.5 Å². The molecule has 8 N–H and O–H groups in total. The van der Waals surface area contributed by atoms with Crippen molar-refractivity contribution in [2.45, 2.75) is 27.7 Å². The number of carbonyl (C=O) groups is 4. The van der Waals surface area contributed by atoms with E-state index in [0.29, 0.717) is 32.9 Å². The second-order valence-electron chi connectivity index (χ2n) is 13.0. The molecule has 64 heavy (non-hydrogen) atoms. The fourth-order valence-electron chi connectivity index (χ4n) is 5.84. The molecule has 322 valence electrons. The average Bonchev–Trinajstić information content (AvgIpc) is 3.19. The third-order valence-corrected chi connectivity index (χ3v) is 8.32. The number of nitrogens with zero attached hydrogens (tertiary/aromatic N) is 6. The van der Waals surface area contributed by atoms with E-state index in [0.717, 1.165) is 24.3 Å². The molecule has 0 spiro atoms. The Kier molecular flexibility index (Phi) is 17.5. The van der Waals surface area contributed by atoms with Crippen LogP contribution in [0.1, 0.15) is 27.7 Å². The van der Waals surface area contributed by atoms with Gasteiger partial charge in [0.05, 0.1) is 32.6 Å². The molecule has 0 fully saturated rings. The normalized spacial score (nSPS) is 10.6. The minimum absolute atomic E-state index is 0. The second-order valence-corrected chi connectivity index (χ2v) is 13.0. The standard InChI is InChI=1S/2C20H17N5O6.Cr.Na/c2*1-10(26)21-14-5-3-4-12-6-7-17(28)19(18(12)14)24-23-16-9-13(25(30)31)8-15(20(16)29)22-11(2)27;;/h2*3-9,28-29H,1-2H3,(H,21,26)(H,22,27);;/q;;;+1. The minimum atomic E-state index is -0.714. The van der Waals surface area contributed by atoms with Crippen molar-refractivity contribution < 1.29 is 96.4 Å². The number of hydrogen-bond donors (Lipinski definition) is 8. The Morgan fingerprint density at radius 1 is 0.500 bits per heavy atom. The third kappa shape index (κ3) is 12.3. The maximum atomic E-state index is 11.5. The Morgan fingerprint density at radius 3 is 1.14 bits per heavy atom. The van der Waals surface area contributed by atoms with Crippen LogP contribution in [0, 0.1) is 20.2 Å². The van der Waals surface area contributed by atoms with E-state index in [1.807, 2.05) is 0 Å². The molecule has 4 amide bonds. The first kappa shape index (κ1) is 50.8. The first-order valence-corrected chi connectivity index (χ1v) is 17.8. The summed E-state index contributed by atoms with van der Waals surface area (Å²) in [6.45, 7) is 5.01. The SMILES string of the molecule is CC(=O)Nc1cc([N+](=O)[O-])cc(N=Nc2c(O)ccc3cccc(NC(C)=O)c23)c1O.CC(=O)Nc1cc([N+](=O)[O-])cc(N=Nc2c(O)ccc3cccc(NC(C)=O)c23)c1O.[Cr].[Na+]. The van der Waals surface area contributed by atoms with Gasteiger partial charge < -0.3 is 41.7 Å². The smallest absolute Gasteiger partial charge is 0.506 e. The molecule has 0 radical (unpaired) electrons. The Morgan fingerprint density at radius 2 is 0.828 bits per heavy atom. The molecule has 0 bridgehead atoms. The predicted molar refractivity (Wildman–Crippen MR) is 226 cm³/mol. The monoisotopic (exact) mass is 921 g/mol. The van der Waals surface area contributed by atoms with Gasteiger partial charge >= 0.3 is 29.6 Å². The van der Waals surface area contributed by atoms with Crippen LogP contribution in [0.15, 0.2) is 105 Å². The maximum Gasteiger partial charge on any atom is 1.00 e. The van der Waals surface area contributed by atoms with Gasteiger partial charge in [-0.2, -0.15) is 0 Å². The van der Waals surface area contributed by atoms with E-state index >= 15 is 0 Å². The van der Waals surface area contributed by atoms with Gasteiger partial charge in [-0.1, -0.05) is 36.4 Å². The molecule has 6 aromatic carbocycles. The fourth-order valence-corrected chi connectivity index (χ4v) is 5.84. The van der Waals surface area contributed by atoms with Crippen LogP contribution in [0.3, 0.4) is 0 Å². The molecule has 0 atom stereocenters. The van der Waals surface area contributed by atoms with E-state index < -0.39 is 44.5 Å². The van der Waals surface area contributed by atoms with E-state index in [1.165, 1.54) is 39.8 Å². The van der Waals surface area contributed by atoms with Gasteiger partial charge in [-0.05, 0) is 35.0 Å². The van der Waals surface area contributed by atoms with Crippen molar-refractivity contribution in [1.82, 2.24) is 0 Å². The zero-order valence-electron chi connectivity index (χ0n) is 34.2. The summed E-state index contributed by atoms with van der Waals surface area (Å²) in [5, 5.41) is 91.4. The van der Waals surface area contributed by atoms with Crippen LogP contribution >= 0.6 is 0 Å². The van der Waals surface area contributed by atoms with Gasteiger partial charge in [0.1, 0.15) is 34.2 Å². The Balaban J connectivity index is 0.000000330. The summed E-state index contributed by atoms with van der Waals surface area (Å²) >= 11 is 0. The van der Waals surface area contributed by atoms with Crippen LogP contribution in [0.4, 0.5) is 56.9 Å². The second kappa shape index (κ2) is 22.0. The van der Waals surface area contributed by atoms with Gasteiger partial charge in [0.2, 0.25) is 23.6 Å². The number of nitro benzene ring substituents is 2. The van der Waals surface area contributed by atoms with Gasteiger partial charge in [0, 0.05) is 80.1 Å². The molecule has 24 heteroatoms. The van der Waals surface area contributed by atoms with Crippen LogP contribution in [0.2, 0.25) is 0 Å². The van der Waals surface area contributed by atoms with E-state index in [2.05, 4.69) is 41.7 Å². The number of hydrogen-bond acceptors (Lipinski definition) is 16. The molecule has 0 saturated carbocycles. The number of benzene rings is 6. The first-order valence-electron chi connectivity index (χ1n) is 17.8. The zero-order chi connectivity index (χ0) is 45.4. The predicted octanol–water partition coefficient (Wildman–Crippen LogP) is 5.98. The van der Waals surface area contributed by atoms with Crippen molar-refractivity contribution in [2.75, 3.05) is 21.3 Å². The Labute approximate surface area is 393 Å². The molecule has 0 unspecified atom stereocenters. The molecule has 0 saturated heterocycles. The number of nitro groups is 2. The summed E-state index contributed by atoms with van der Waals surface area (Å²) in [6, 6.07) is 20.0. The number of aromatic hydroxyl groups is 4. The number of fused-ring (bicyclic) bond motifs is 2. The molecule has 6 rings (SSSR count). The molecule has 0 heterocycles. The van der Waals surface area contributed by atoms with Crippen LogP contribution in [-0.4, -0.2) is 53.9 Å². The number of anilines is 4. The van der Waals surface area contributed by atoms with E-state index in [-0.39, 0.29) is 104 Å². The molecule has 0 aliphatic carbocycles. The van der Waals surface area contributed by atoms with Crippen molar-refractivity contribution >= 4 is 102 Å². The largest absolute Gasteiger partial charge is 1.00 e. The molecule has 6 aromatic rings. The number of carbonyl (C=O) groups excluding carboxylic acids is 4. The molecule has 0 aromatic heterocycles. The van der Waals surface area contributed by atoms with Crippen molar-refractivity contribution in [1.29, 1.82) is 0 Å². The van der Waals surface area contributed by atoms with Crippen molar-refractivity contribution in [3.63, 3.8) is 0 Å². The van der Waals surface area contributed by atoms with Crippen LogP contribution in [-0.2, 0) is 36.5 Å². The summed E-state index contributed by atoms with van der Waals surface area (Å²) in [6.07, 6.45) is 0. The third-order valence-electron chi connectivity index (χ3n) is 8.32. The first-order chi connectivity index (χ1) is 29.3. The van der Waals surface area contributed by atoms with E-state index in [4.69, 9.17) is 0 Å². The molecular formula is C40H34CrN10NaO12+. The molecule has 0 aliphatic rings. The van der Waals surface area contributed by atoms with Crippen molar-refractivity contribution in [3.8, 4) is 23.0 Å². The quantitative estimate of drug-likeness (QED) is 0.0258. The topological polar surface area (TPSA) is 333 Å². The fraction of sp³-hybridized carbons (Fsp3) is 0.100. The number of amides is 4. The van der Waals surface area contributed by atoms with Crippen molar-refractivity contribution in [3.05, 3.63) is 105 Å². The van der Waals surface area contributed by atoms with Crippen molar-refractivity contribution in [2.24, 2.45) is 20.5 Å². The molecular weight excluding hydrogens is 887 g/mol. The Hall–Kier alpha value is -7.55. The van der Waals surface area contributed by atoms with Gasteiger partial charge in [-0.15, -0.1) is 20.5 Å². The van der Waals surface area contributed by atoms with E-state index in [1.54, 1.807) is 48.5 Å². The van der Waals surface area contributed by atoms with Gasteiger partial charge in [-0.3, -0.25) is 39.4 Å². The summed E-state index contributed by atoms with van der Waals surface area (Å²) in [5.41, 5.74) is -1.18. The number of nitrogens with one attached hydrogen (secondary N) is 4. The van der Waals surface area contributed by atoms with Gasteiger partial charge in [-0.25, -0.2) is 0 Å². The van der Waals surface area contributed by atoms with Crippen LogP contribution in [0.5, 0.6) is 23.0 Å². The maximum absolute atomic E-state index is 11.5. The number of phenolic OH excluding ortho intramolecular Hbond substituents is 4. The number of non-ortho nitro benzene ring substituents is 2. The minimum Gasteiger partial charge on any atom is -0.506 e. The van der Waals surface area contributed by atoms with Crippen LogP contribution < -0.4 is 50.8 Å². The summed E-state index contributed by atoms with van der Waals surface area (Å²) in [4.78, 5) is 66.8. The number of rotatable bonds is 10. The van der Waals surface area contributed by atoms with Crippen LogP contribution in [0.25, 0.3) is 21.5 Å². The number of azo groups is 2. The summed E-state index contributed by atoms with van der Waals surface area (Å²) in [5.74, 6) is -3.37. The van der Waals surface area contributed by atoms with Gasteiger partial charge in [0.25, 0.3) is 11.4 Å². The summed E-state index contributed by atoms with van der Waals surface area (Å²) < 4.78 is 0.